The second kappa shape index (κ2) is 4.68. The molecule has 4 rings (SSSR count). The van der Waals surface area contributed by atoms with Crippen molar-refractivity contribution in [2.75, 3.05) is 7.05 Å². The van der Waals surface area contributed by atoms with Gasteiger partial charge in [-0.3, -0.25) is 4.90 Å². The van der Waals surface area contributed by atoms with Gasteiger partial charge in [-0.05, 0) is 43.7 Å². The van der Waals surface area contributed by atoms with Gasteiger partial charge in [0.25, 0.3) is 0 Å². The Bertz CT molecular complexity index is 828. The number of allylic oxidation sites excluding steroid dienone is 2. The molecule has 0 N–H and O–H groups in total. The molecule has 0 saturated heterocycles. The van der Waals surface area contributed by atoms with Gasteiger partial charge in [-0.2, -0.15) is 0 Å². The number of pyridine rings is 1. The van der Waals surface area contributed by atoms with Crippen molar-refractivity contribution in [3.63, 3.8) is 0 Å². The molecule has 2 aliphatic heterocycles. The lowest BCUT2D eigenvalue weighted by Gasteiger charge is -2.43. The number of rotatable bonds is 0. The summed E-state index contributed by atoms with van der Waals surface area (Å²) in [5.74, 6) is 0.985. The summed E-state index contributed by atoms with van der Waals surface area (Å²) in [5, 5.41) is 0. The fourth-order valence-corrected chi connectivity index (χ4v) is 4.15. The lowest BCUT2D eigenvalue weighted by atomic mass is 9.90. The van der Waals surface area contributed by atoms with E-state index in [0.717, 1.165) is 17.0 Å². The van der Waals surface area contributed by atoms with Crippen LogP contribution in [0.2, 0.25) is 0 Å². The molecule has 3 heterocycles. The molecular formula is C20H23N2O+. The normalized spacial score (nSPS) is 28.7. The van der Waals surface area contributed by atoms with Gasteiger partial charge in [-0.1, -0.05) is 24.3 Å². The van der Waals surface area contributed by atoms with E-state index in [1.807, 2.05) is 0 Å². The Labute approximate surface area is 137 Å². The van der Waals surface area contributed by atoms with Crippen molar-refractivity contribution in [1.29, 1.82) is 0 Å². The van der Waals surface area contributed by atoms with Gasteiger partial charge in [0.05, 0.1) is 6.04 Å². The third-order valence-corrected chi connectivity index (χ3v) is 5.61. The van der Waals surface area contributed by atoms with Crippen LogP contribution in [0.4, 0.5) is 0 Å². The number of likely N-dealkylation sites (N-methyl/N-ethyl adjacent to an activating group) is 1. The number of ether oxygens (including phenoxy) is 1. The first kappa shape index (κ1) is 14.5. The fourth-order valence-electron chi connectivity index (χ4n) is 4.15. The zero-order valence-corrected chi connectivity index (χ0v) is 14.4. The van der Waals surface area contributed by atoms with Gasteiger partial charge in [0.1, 0.15) is 7.05 Å². The van der Waals surface area contributed by atoms with Crippen LogP contribution in [0.5, 0.6) is 5.75 Å². The van der Waals surface area contributed by atoms with Crippen LogP contribution < -0.4 is 9.30 Å². The summed E-state index contributed by atoms with van der Waals surface area (Å²) in [6.07, 6.45) is 13.1. The van der Waals surface area contributed by atoms with Gasteiger partial charge in [-0.25, -0.2) is 4.57 Å². The summed E-state index contributed by atoms with van der Waals surface area (Å²) >= 11 is 0. The average Bonchev–Trinajstić information content (AvgIpc) is 2.76. The SMILES string of the molecule is CC1=Cc2cc[n+](C)c(C)c2OC12C(C)=C1C=CC=CC1N2C. The number of hydrogen-bond acceptors (Lipinski definition) is 2. The molecule has 3 aliphatic rings. The molecule has 3 heteroatoms. The molecule has 0 radical (unpaired) electrons. The minimum atomic E-state index is -0.481. The summed E-state index contributed by atoms with van der Waals surface area (Å²) in [4.78, 5) is 2.35. The minimum absolute atomic E-state index is 0.280. The fraction of sp³-hybridized carbons (Fsp3) is 0.350. The van der Waals surface area contributed by atoms with Gasteiger partial charge in [-0.15, -0.1) is 0 Å². The number of nitrogens with zero attached hydrogens (tertiary/aromatic N) is 2. The van der Waals surface area contributed by atoms with E-state index in [1.54, 1.807) is 0 Å². The van der Waals surface area contributed by atoms with E-state index < -0.39 is 5.72 Å². The first-order valence-corrected chi connectivity index (χ1v) is 8.13. The maximum Gasteiger partial charge on any atom is 0.221 e. The Morgan fingerprint density at radius 3 is 2.74 bits per heavy atom. The molecule has 0 amide bonds. The number of fused-ring (bicyclic) bond motifs is 2. The maximum atomic E-state index is 6.73. The molecule has 1 spiro atoms. The topological polar surface area (TPSA) is 16.4 Å². The lowest BCUT2D eigenvalue weighted by molar-refractivity contribution is -0.678. The first-order valence-electron chi connectivity index (χ1n) is 8.13. The number of aryl methyl sites for hydroxylation is 1. The molecule has 1 aromatic heterocycles. The Balaban J connectivity index is 1.94. The summed E-state index contributed by atoms with van der Waals surface area (Å²) < 4.78 is 8.85. The molecule has 0 saturated carbocycles. The molecule has 0 bridgehead atoms. The van der Waals surface area contributed by atoms with Gasteiger partial charge in [0.15, 0.2) is 11.9 Å². The van der Waals surface area contributed by atoms with E-state index >= 15 is 0 Å². The van der Waals surface area contributed by atoms with Crippen molar-refractivity contribution in [3.8, 4) is 5.75 Å². The van der Waals surface area contributed by atoms with Crippen molar-refractivity contribution in [1.82, 2.24) is 4.90 Å². The predicted molar refractivity (Wildman–Crippen MR) is 91.9 cm³/mol. The summed E-state index contributed by atoms with van der Waals surface area (Å²) in [6.45, 7) is 6.50. The summed E-state index contributed by atoms with van der Waals surface area (Å²) in [6, 6.07) is 2.41. The Kier molecular flexibility index (Phi) is 2.94. The third kappa shape index (κ3) is 1.71. The molecule has 0 aromatic carbocycles. The predicted octanol–water partition coefficient (Wildman–Crippen LogP) is 3.07. The third-order valence-electron chi connectivity index (χ3n) is 5.61. The van der Waals surface area contributed by atoms with Crippen molar-refractivity contribution >= 4 is 6.08 Å². The van der Waals surface area contributed by atoms with E-state index in [2.05, 4.69) is 87.0 Å². The quantitative estimate of drug-likeness (QED) is 0.685. The van der Waals surface area contributed by atoms with Crippen LogP contribution in [0, 0.1) is 6.92 Å². The standard InChI is InChI=1S/C20H23N2O/c1-13-12-16-10-11-21(4)15(3)19(16)23-20(13)14(2)17-8-6-7-9-18(17)22(20)5/h6-12,18H,1-5H3/q+1. The molecule has 23 heavy (non-hydrogen) atoms. The van der Waals surface area contributed by atoms with E-state index in [9.17, 15) is 0 Å². The van der Waals surface area contributed by atoms with E-state index in [-0.39, 0.29) is 6.04 Å². The van der Waals surface area contributed by atoms with Gasteiger partial charge >= 0.3 is 0 Å². The van der Waals surface area contributed by atoms with Crippen LogP contribution in [0.25, 0.3) is 6.08 Å². The highest BCUT2D eigenvalue weighted by atomic mass is 16.5. The van der Waals surface area contributed by atoms with Crippen molar-refractivity contribution < 1.29 is 9.30 Å². The van der Waals surface area contributed by atoms with Crippen molar-refractivity contribution in [2.45, 2.75) is 32.5 Å². The second-order valence-electron chi connectivity index (χ2n) is 6.75. The molecule has 2 unspecified atom stereocenters. The second-order valence-corrected chi connectivity index (χ2v) is 6.75. The Hall–Kier alpha value is -2.13. The molecule has 2 atom stereocenters. The van der Waals surface area contributed by atoms with Crippen molar-refractivity contribution in [2.24, 2.45) is 7.05 Å². The molecule has 1 aromatic rings. The highest BCUT2D eigenvalue weighted by Crippen LogP contribution is 2.49. The van der Waals surface area contributed by atoms with E-state index in [1.165, 1.54) is 16.7 Å². The monoisotopic (exact) mass is 307 g/mol. The van der Waals surface area contributed by atoms with Crippen LogP contribution in [0.15, 0.2) is 53.3 Å². The summed E-state index contributed by atoms with van der Waals surface area (Å²) in [7, 11) is 4.22. The van der Waals surface area contributed by atoms with Crippen LogP contribution in [-0.4, -0.2) is 23.7 Å². The van der Waals surface area contributed by atoms with Crippen LogP contribution >= 0.6 is 0 Å². The van der Waals surface area contributed by atoms with Crippen LogP contribution in [-0.2, 0) is 7.05 Å². The largest absolute Gasteiger partial charge is 0.458 e. The van der Waals surface area contributed by atoms with Crippen LogP contribution in [0.3, 0.4) is 0 Å². The smallest absolute Gasteiger partial charge is 0.221 e. The first-order chi connectivity index (χ1) is 11.0. The molecule has 3 nitrogen and oxygen atoms in total. The lowest BCUT2D eigenvalue weighted by Crippen LogP contribution is -2.54. The molecule has 1 aliphatic carbocycles. The molecule has 0 fully saturated rings. The zero-order chi connectivity index (χ0) is 16.4. The van der Waals surface area contributed by atoms with Gasteiger partial charge in [0, 0.05) is 18.6 Å². The minimum Gasteiger partial charge on any atom is -0.458 e. The number of hydrogen-bond donors (Lipinski definition) is 0. The van der Waals surface area contributed by atoms with E-state index in [0.29, 0.717) is 0 Å². The average molecular weight is 307 g/mol. The number of aromatic nitrogens is 1. The Morgan fingerprint density at radius 1 is 1.22 bits per heavy atom. The van der Waals surface area contributed by atoms with Crippen LogP contribution in [0.1, 0.15) is 25.1 Å². The zero-order valence-electron chi connectivity index (χ0n) is 14.4. The van der Waals surface area contributed by atoms with Crippen molar-refractivity contribution in [3.05, 3.63) is 64.5 Å². The van der Waals surface area contributed by atoms with Gasteiger partial charge in [0.2, 0.25) is 11.4 Å². The highest BCUT2D eigenvalue weighted by molar-refractivity contribution is 5.67. The van der Waals surface area contributed by atoms with E-state index in [4.69, 9.17) is 4.74 Å². The highest BCUT2D eigenvalue weighted by Gasteiger charge is 2.52. The summed E-state index contributed by atoms with van der Waals surface area (Å²) in [5.41, 5.74) is 5.71. The Morgan fingerprint density at radius 2 is 2.00 bits per heavy atom. The van der Waals surface area contributed by atoms with Gasteiger partial charge < -0.3 is 4.74 Å². The maximum absolute atomic E-state index is 6.73. The molecule has 118 valence electrons. The molecular weight excluding hydrogens is 284 g/mol.